The van der Waals surface area contributed by atoms with E-state index >= 15 is 0 Å². The van der Waals surface area contributed by atoms with Gasteiger partial charge in [0.25, 0.3) is 0 Å². The number of piperidine rings is 1. The Balaban J connectivity index is 1.54. The molecule has 0 saturated carbocycles. The third-order valence-electron chi connectivity index (χ3n) is 5.16. The number of nitrogens with zero attached hydrogens (tertiary/aromatic N) is 1. The number of likely N-dealkylation sites (tertiary alicyclic amines) is 1. The van der Waals surface area contributed by atoms with Gasteiger partial charge in [0.05, 0.1) is 5.39 Å². The smallest absolute Gasteiger partial charge is 0.344 e. The summed E-state index contributed by atoms with van der Waals surface area (Å²) < 4.78 is 17.6. The first kappa shape index (κ1) is 18.4. The van der Waals surface area contributed by atoms with E-state index in [1.165, 1.54) is 31.4 Å². The fourth-order valence-corrected chi connectivity index (χ4v) is 3.70. The normalized spacial score (nSPS) is 15.0. The summed E-state index contributed by atoms with van der Waals surface area (Å²) in [5, 5.41) is 4.54. The molecule has 7 heteroatoms. The maximum absolute atomic E-state index is 12.4. The number of halogens is 1. The molecule has 146 valence electrons. The lowest BCUT2D eigenvalue weighted by Gasteiger charge is -2.25. The van der Waals surface area contributed by atoms with Crippen molar-refractivity contribution in [1.82, 2.24) is 4.90 Å². The van der Waals surface area contributed by atoms with Crippen molar-refractivity contribution in [3.8, 4) is 5.75 Å². The van der Waals surface area contributed by atoms with Crippen LogP contribution in [0, 0.1) is 0 Å². The number of nitrogens with one attached hydrogen (secondary N) is 1. The molecule has 1 fully saturated rings. The van der Waals surface area contributed by atoms with Gasteiger partial charge in [-0.3, -0.25) is 9.74 Å². The molecule has 1 aliphatic heterocycles. The van der Waals surface area contributed by atoms with Crippen LogP contribution in [0.5, 0.6) is 5.75 Å². The van der Waals surface area contributed by atoms with Crippen LogP contribution in [0.1, 0.15) is 25.7 Å². The van der Waals surface area contributed by atoms with Crippen molar-refractivity contribution in [2.75, 3.05) is 25.0 Å². The molecule has 1 saturated heterocycles. The summed E-state index contributed by atoms with van der Waals surface area (Å²) in [7, 11) is 0. The second-order valence-corrected chi connectivity index (χ2v) is 7.09. The average Bonchev–Trinajstić information content (AvgIpc) is 2.73. The van der Waals surface area contributed by atoms with Gasteiger partial charge in [-0.2, -0.15) is 0 Å². The predicted molar refractivity (Wildman–Crippen MR) is 105 cm³/mol. The zero-order chi connectivity index (χ0) is 19.5. The van der Waals surface area contributed by atoms with Crippen molar-refractivity contribution in [3.05, 3.63) is 46.8 Å². The van der Waals surface area contributed by atoms with Crippen LogP contribution in [0.4, 0.5) is 10.2 Å². The lowest BCUT2D eigenvalue weighted by molar-refractivity contribution is -0.116. The summed E-state index contributed by atoms with van der Waals surface area (Å²) >= 11 is 0. The summed E-state index contributed by atoms with van der Waals surface area (Å²) in [6.07, 6.45) is 4.06. The number of anilines is 1. The number of carbonyl (C=O) groups excluding carboxylic acids is 1. The molecule has 0 spiro atoms. The molecule has 6 nitrogen and oxygen atoms in total. The van der Waals surface area contributed by atoms with Crippen LogP contribution in [0.2, 0.25) is 0 Å². The summed E-state index contributed by atoms with van der Waals surface area (Å²) in [6.45, 7) is 2.84. The van der Waals surface area contributed by atoms with E-state index in [4.69, 9.17) is 4.42 Å². The number of rotatable bonds is 5. The Kier molecular flexibility index (Phi) is 5.25. The van der Waals surface area contributed by atoms with Gasteiger partial charge in [-0.1, -0.05) is 12.5 Å². The van der Waals surface area contributed by atoms with Gasteiger partial charge in [0.1, 0.15) is 5.58 Å². The van der Waals surface area contributed by atoms with Gasteiger partial charge in [-0.05, 0) is 50.2 Å². The second-order valence-electron chi connectivity index (χ2n) is 7.09. The summed E-state index contributed by atoms with van der Waals surface area (Å²) in [6, 6.07) is 9.53. The molecule has 1 aromatic heterocycles. The van der Waals surface area contributed by atoms with E-state index in [2.05, 4.69) is 15.2 Å². The number of hydrogen-bond donors (Lipinski definition) is 1. The Labute approximate surface area is 160 Å². The van der Waals surface area contributed by atoms with Crippen LogP contribution in [-0.4, -0.2) is 30.4 Å². The van der Waals surface area contributed by atoms with E-state index in [1.54, 1.807) is 24.3 Å². The summed E-state index contributed by atoms with van der Waals surface area (Å²) in [5.74, 6) is -0.118. The van der Waals surface area contributed by atoms with E-state index in [0.29, 0.717) is 28.3 Å². The molecule has 0 unspecified atom stereocenters. The van der Waals surface area contributed by atoms with E-state index in [9.17, 15) is 14.1 Å². The van der Waals surface area contributed by atoms with Gasteiger partial charge in [0.2, 0.25) is 5.91 Å². The molecular formula is C21H21FN2O4. The molecule has 1 amide bonds. The molecule has 0 bridgehead atoms. The van der Waals surface area contributed by atoms with Crippen molar-refractivity contribution in [3.63, 3.8) is 0 Å². The van der Waals surface area contributed by atoms with Crippen molar-refractivity contribution >= 4 is 33.3 Å². The number of fused-ring (bicyclic) bond motifs is 3. The fourth-order valence-electron chi connectivity index (χ4n) is 3.70. The minimum Gasteiger partial charge on any atom is -0.422 e. The molecule has 0 radical (unpaired) electrons. The third-order valence-corrected chi connectivity index (χ3v) is 5.16. The van der Waals surface area contributed by atoms with Crippen molar-refractivity contribution < 1.29 is 18.7 Å². The lowest BCUT2D eigenvalue weighted by atomic mass is 10.1. The molecule has 28 heavy (non-hydrogen) atoms. The first-order valence-electron chi connectivity index (χ1n) is 9.45. The van der Waals surface area contributed by atoms with Crippen LogP contribution in [0.25, 0.3) is 21.7 Å². The average molecular weight is 384 g/mol. The van der Waals surface area contributed by atoms with Crippen molar-refractivity contribution in [2.45, 2.75) is 25.7 Å². The van der Waals surface area contributed by atoms with E-state index in [0.717, 1.165) is 19.6 Å². The third kappa shape index (κ3) is 3.84. The zero-order valence-electron chi connectivity index (χ0n) is 15.4. The molecule has 2 heterocycles. The largest absolute Gasteiger partial charge is 0.422 e. The molecule has 0 atom stereocenters. The van der Waals surface area contributed by atoms with Gasteiger partial charge < -0.3 is 14.6 Å². The Bertz CT molecular complexity index is 1070. The molecular weight excluding hydrogens is 363 g/mol. The number of benzene rings is 2. The van der Waals surface area contributed by atoms with Crippen LogP contribution in [0.3, 0.4) is 0 Å². The highest BCUT2D eigenvalue weighted by Gasteiger charge is 2.13. The number of carbonyl (C=O) groups is 1. The zero-order valence-corrected chi connectivity index (χ0v) is 15.4. The highest BCUT2D eigenvalue weighted by molar-refractivity contribution is 6.06. The standard InChI is InChI=1S/C21H21FN2O4/c22-28-15-5-7-17-16-6-4-14(12-18(16)21(26)27-19(17)13-15)23-20(25)8-11-24-9-2-1-3-10-24/h4-7,12-13H,1-3,8-11H2,(H,23,25). The highest BCUT2D eigenvalue weighted by atomic mass is 19.3. The maximum Gasteiger partial charge on any atom is 0.344 e. The maximum atomic E-state index is 12.4. The lowest BCUT2D eigenvalue weighted by Crippen LogP contribution is -2.32. The number of hydrogen-bond acceptors (Lipinski definition) is 5. The molecule has 1 aliphatic rings. The molecule has 1 N–H and O–H groups in total. The summed E-state index contributed by atoms with van der Waals surface area (Å²) in [5.41, 5.74) is 0.236. The SMILES string of the molecule is O=C(CCN1CCCCC1)Nc1ccc2c(c1)c(=O)oc1cc(OF)ccc12. The second kappa shape index (κ2) is 7.98. The number of amides is 1. The van der Waals surface area contributed by atoms with Gasteiger partial charge in [0, 0.05) is 40.0 Å². The monoisotopic (exact) mass is 384 g/mol. The Morgan fingerprint density at radius 1 is 1.07 bits per heavy atom. The van der Waals surface area contributed by atoms with Crippen LogP contribution >= 0.6 is 0 Å². The Hall–Kier alpha value is -2.93. The fraction of sp³-hybridized carbons (Fsp3) is 0.333. The minimum absolute atomic E-state index is 0.0346. The van der Waals surface area contributed by atoms with Crippen LogP contribution in [-0.2, 0) is 4.79 Å². The van der Waals surface area contributed by atoms with Crippen molar-refractivity contribution in [2.24, 2.45) is 0 Å². The van der Waals surface area contributed by atoms with Gasteiger partial charge >= 0.3 is 5.63 Å². The Morgan fingerprint density at radius 3 is 2.64 bits per heavy atom. The van der Waals surface area contributed by atoms with Gasteiger partial charge in [-0.25, -0.2) is 4.79 Å². The van der Waals surface area contributed by atoms with Crippen LogP contribution < -0.4 is 15.9 Å². The van der Waals surface area contributed by atoms with Gasteiger partial charge in [0.15, 0.2) is 5.75 Å². The summed E-state index contributed by atoms with van der Waals surface area (Å²) in [4.78, 5) is 30.6. The quantitative estimate of drug-likeness (QED) is 0.531. The highest BCUT2D eigenvalue weighted by Crippen LogP contribution is 2.28. The van der Waals surface area contributed by atoms with Crippen LogP contribution in [0.15, 0.2) is 45.6 Å². The predicted octanol–water partition coefficient (Wildman–Crippen LogP) is 4.02. The molecule has 2 aromatic carbocycles. The van der Waals surface area contributed by atoms with Crippen molar-refractivity contribution in [1.29, 1.82) is 0 Å². The molecule has 4 rings (SSSR count). The van der Waals surface area contributed by atoms with Gasteiger partial charge in [-0.15, -0.1) is 0 Å². The first-order chi connectivity index (χ1) is 13.6. The topological polar surface area (TPSA) is 71.8 Å². The molecule has 0 aliphatic carbocycles. The molecule has 3 aromatic rings. The first-order valence-corrected chi connectivity index (χ1v) is 9.45. The Morgan fingerprint density at radius 2 is 1.86 bits per heavy atom. The van der Waals surface area contributed by atoms with E-state index < -0.39 is 5.63 Å². The van der Waals surface area contributed by atoms with E-state index in [-0.39, 0.29) is 17.2 Å². The van der Waals surface area contributed by atoms with E-state index in [1.807, 2.05) is 0 Å². The minimum atomic E-state index is -0.553.